The molecule has 0 N–H and O–H groups in total. The van der Waals surface area contributed by atoms with Gasteiger partial charge in [0.15, 0.2) is 5.82 Å². The SMILES string of the molecule is CCc1nc(-c2c(C)nn(C)c2C)nc(Cl)c1C. The van der Waals surface area contributed by atoms with Gasteiger partial charge in [0.25, 0.3) is 0 Å². The van der Waals surface area contributed by atoms with Crippen LogP contribution in [0.4, 0.5) is 0 Å². The molecule has 0 saturated carbocycles. The van der Waals surface area contributed by atoms with Crippen LogP contribution < -0.4 is 0 Å². The number of nitrogens with zero attached hydrogens (tertiary/aromatic N) is 4. The first kappa shape index (κ1) is 13.0. The van der Waals surface area contributed by atoms with E-state index in [1.807, 2.05) is 32.5 Å². The molecule has 0 unspecified atom stereocenters. The first-order valence-corrected chi connectivity index (χ1v) is 6.37. The smallest absolute Gasteiger partial charge is 0.164 e. The van der Waals surface area contributed by atoms with Gasteiger partial charge in [0.05, 0.1) is 11.3 Å². The van der Waals surface area contributed by atoms with Crippen LogP contribution in [-0.2, 0) is 13.5 Å². The van der Waals surface area contributed by atoms with Crippen molar-refractivity contribution in [3.8, 4) is 11.4 Å². The quantitative estimate of drug-likeness (QED) is 0.783. The maximum atomic E-state index is 6.18. The van der Waals surface area contributed by atoms with Crippen molar-refractivity contribution in [3.05, 3.63) is 27.8 Å². The Labute approximate surface area is 112 Å². The Bertz CT molecular complexity index is 602. The summed E-state index contributed by atoms with van der Waals surface area (Å²) >= 11 is 6.18. The maximum absolute atomic E-state index is 6.18. The molecule has 5 heteroatoms. The lowest BCUT2D eigenvalue weighted by Crippen LogP contribution is -2.01. The van der Waals surface area contributed by atoms with E-state index < -0.39 is 0 Å². The average Bonchev–Trinajstić information content (AvgIpc) is 2.57. The highest BCUT2D eigenvalue weighted by Crippen LogP contribution is 2.26. The largest absolute Gasteiger partial charge is 0.272 e. The molecule has 0 spiro atoms. The first-order chi connectivity index (χ1) is 8.45. The molecule has 96 valence electrons. The molecule has 0 aliphatic carbocycles. The van der Waals surface area contributed by atoms with Gasteiger partial charge < -0.3 is 0 Å². The predicted octanol–water partition coefficient (Wildman–Crippen LogP) is 3.02. The number of hydrogen-bond acceptors (Lipinski definition) is 3. The van der Waals surface area contributed by atoms with Crippen LogP contribution in [0, 0.1) is 20.8 Å². The molecule has 2 rings (SSSR count). The van der Waals surface area contributed by atoms with Gasteiger partial charge in [-0.25, -0.2) is 9.97 Å². The minimum absolute atomic E-state index is 0.527. The molecule has 0 amide bonds. The Morgan fingerprint density at radius 1 is 1.17 bits per heavy atom. The second kappa shape index (κ2) is 4.69. The Morgan fingerprint density at radius 3 is 2.33 bits per heavy atom. The molecule has 0 bridgehead atoms. The van der Waals surface area contributed by atoms with Crippen molar-refractivity contribution in [2.45, 2.75) is 34.1 Å². The van der Waals surface area contributed by atoms with Crippen LogP contribution >= 0.6 is 11.6 Å². The van der Waals surface area contributed by atoms with Gasteiger partial charge in [0.1, 0.15) is 5.15 Å². The van der Waals surface area contributed by atoms with E-state index in [1.165, 1.54) is 0 Å². The van der Waals surface area contributed by atoms with E-state index in [4.69, 9.17) is 11.6 Å². The summed E-state index contributed by atoms with van der Waals surface area (Å²) in [5.74, 6) is 0.672. The molecule has 0 saturated heterocycles. The summed E-state index contributed by atoms with van der Waals surface area (Å²) in [4.78, 5) is 9.00. The third-order valence-corrected chi connectivity index (χ3v) is 3.62. The molecule has 18 heavy (non-hydrogen) atoms. The number of aryl methyl sites for hydroxylation is 3. The van der Waals surface area contributed by atoms with Crippen molar-refractivity contribution in [1.29, 1.82) is 0 Å². The van der Waals surface area contributed by atoms with Gasteiger partial charge >= 0.3 is 0 Å². The molecule has 0 atom stereocenters. The molecule has 0 aliphatic rings. The Balaban J connectivity index is 2.68. The fourth-order valence-corrected chi connectivity index (χ4v) is 2.27. The van der Waals surface area contributed by atoms with Crippen molar-refractivity contribution < 1.29 is 0 Å². The van der Waals surface area contributed by atoms with E-state index in [2.05, 4.69) is 22.0 Å². The second-order valence-corrected chi connectivity index (χ2v) is 4.79. The molecule has 0 aliphatic heterocycles. The zero-order valence-electron chi connectivity index (χ0n) is 11.4. The van der Waals surface area contributed by atoms with Crippen LogP contribution in [0.15, 0.2) is 0 Å². The van der Waals surface area contributed by atoms with E-state index in [0.29, 0.717) is 11.0 Å². The van der Waals surface area contributed by atoms with Crippen molar-refractivity contribution in [2.24, 2.45) is 7.05 Å². The molecule has 0 fully saturated rings. The van der Waals surface area contributed by atoms with Gasteiger partial charge in [-0.1, -0.05) is 18.5 Å². The van der Waals surface area contributed by atoms with Crippen LogP contribution in [0.2, 0.25) is 5.15 Å². The fraction of sp³-hybridized carbons (Fsp3) is 0.462. The highest BCUT2D eigenvalue weighted by molar-refractivity contribution is 6.30. The highest BCUT2D eigenvalue weighted by atomic mass is 35.5. The maximum Gasteiger partial charge on any atom is 0.164 e. The summed E-state index contributed by atoms with van der Waals surface area (Å²) in [5.41, 5.74) is 4.91. The van der Waals surface area contributed by atoms with Gasteiger partial charge in [0.2, 0.25) is 0 Å². The standard InChI is InChI=1S/C13H17ClN4/c1-6-10-7(2)12(14)16-13(15-10)11-8(3)17-18(5)9(11)4/h6H2,1-5H3. The molecule has 2 aromatic heterocycles. The monoisotopic (exact) mass is 264 g/mol. The van der Waals surface area contributed by atoms with E-state index in [1.54, 1.807) is 0 Å². The van der Waals surface area contributed by atoms with Crippen molar-refractivity contribution in [1.82, 2.24) is 19.7 Å². The summed E-state index contributed by atoms with van der Waals surface area (Å²) in [6, 6.07) is 0. The van der Waals surface area contributed by atoms with Crippen LogP contribution in [-0.4, -0.2) is 19.7 Å². The van der Waals surface area contributed by atoms with Gasteiger partial charge in [-0.3, -0.25) is 4.68 Å². The van der Waals surface area contributed by atoms with Gasteiger partial charge in [-0.05, 0) is 27.2 Å². The molecule has 0 radical (unpaired) electrons. The summed E-state index contributed by atoms with van der Waals surface area (Å²) in [6.07, 6.45) is 0.847. The summed E-state index contributed by atoms with van der Waals surface area (Å²) < 4.78 is 1.84. The molecule has 0 aromatic carbocycles. The second-order valence-electron chi connectivity index (χ2n) is 4.43. The molecular formula is C13H17ClN4. The lowest BCUT2D eigenvalue weighted by Gasteiger charge is -2.08. The summed E-state index contributed by atoms with van der Waals surface area (Å²) in [7, 11) is 1.92. The number of hydrogen-bond donors (Lipinski definition) is 0. The van der Waals surface area contributed by atoms with Gasteiger partial charge in [0, 0.05) is 24.0 Å². The number of halogens is 1. The third-order valence-electron chi connectivity index (χ3n) is 3.25. The van der Waals surface area contributed by atoms with Crippen LogP contribution in [0.5, 0.6) is 0 Å². The Hall–Kier alpha value is -1.42. The molecule has 2 heterocycles. The zero-order chi connectivity index (χ0) is 13.4. The summed E-state index contributed by atoms with van der Waals surface area (Å²) in [6.45, 7) is 8.00. The Morgan fingerprint density at radius 2 is 1.83 bits per heavy atom. The topological polar surface area (TPSA) is 43.6 Å². The van der Waals surface area contributed by atoms with Crippen molar-refractivity contribution >= 4 is 11.6 Å². The van der Waals surface area contributed by atoms with Gasteiger partial charge in [-0.2, -0.15) is 5.10 Å². The lowest BCUT2D eigenvalue weighted by molar-refractivity contribution is 0.731. The van der Waals surface area contributed by atoms with Gasteiger partial charge in [-0.15, -0.1) is 0 Å². The molecule has 2 aromatic rings. The summed E-state index contributed by atoms with van der Waals surface area (Å²) in [5, 5.41) is 4.92. The highest BCUT2D eigenvalue weighted by Gasteiger charge is 2.17. The van der Waals surface area contributed by atoms with Crippen LogP contribution in [0.25, 0.3) is 11.4 Å². The normalized spacial score (nSPS) is 11.0. The predicted molar refractivity (Wildman–Crippen MR) is 72.8 cm³/mol. The average molecular weight is 265 g/mol. The number of aromatic nitrogens is 4. The lowest BCUT2D eigenvalue weighted by atomic mass is 10.1. The fourth-order valence-electron chi connectivity index (χ4n) is 2.09. The zero-order valence-corrected chi connectivity index (χ0v) is 12.1. The van der Waals surface area contributed by atoms with Crippen LogP contribution in [0.1, 0.15) is 29.6 Å². The number of rotatable bonds is 2. The van der Waals surface area contributed by atoms with E-state index in [0.717, 1.165) is 34.6 Å². The van der Waals surface area contributed by atoms with E-state index >= 15 is 0 Å². The minimum Gasteiger partial charge on any atom is -0.272 e. The molecular weight excluding hydrogens is 248 g/mol. The van der Waals surface area contributed by atoms with Crippen molar-refractivity contribution in [2.75, 3.05) is 0 Å². The van der Waals surface area contributed by atoms with Crippen molar-refractivity contribution in [3.63, 3.8) is 0 Å². The first-order valence-electron chi connectivity index (χ1n) is 5.99. The Kier molecular flexibility index (Phi) is 3.39. The van der Waals surface area contributed by atoms with Crippen LogP contribution in [0.3, 0.4) is 0 Å². The third kappa shape index (κ3) is 2.01. The van der Waals surface area contributed by atoms with E-state index in [9.17, 15) is 0 Å². The van der Waals surface area contributed by atoms with E-state index in [-0.39, 0.29) is 0 Å². The minimum atomic E-state index is 0.527. The molecule has 4 nitrogen and oxygen atoms in total.